The third kappa shape index (κ3) is 3.11. The second kappa shape index (κ2) is 5.83. The topological polar surface area (TPSA) is 70.7 Å². The summed E-state index contributed by atoms with van der Waals surface area (Å²) in [7, 11) is 0. The summed E-state index contributed by atoms with van der Waals surface area (Å²) in [5.41, 5.74) is 0.361. The Morgan fingerprint density at radius 1 is 1.28 bits per heavy atom. The van der Waals surface area contributed by atoms with Crippen LogP contribution in [0.2, 0.25) is 10.0 Å². The number of nitrogens with zero attached hydrogens (tertiary/aromatic N) is 4. The largest absolute Gasteiger partial charge is 0.506 e. The summed E-state index contributed by atoms with van der Waals surface area (Å²) in [6.45, 7) is 0. The number of aromatic hydroxyl groups is 1. The fourth-order valence-corrected chi connectivity index (χ4v) is 2.43. The maximum Gasteiger partial charge on any atom is 0.250 e. The SMILES string of the molecule is CSc1nsc(/N=N/c2cc(Cl)c(O)cc2Cl)n1. The van der Waals surface area contributed by atoms with E-state index in [-0.39, 0.29) is 15.8 Å². The summed E-state index contributed by atoms with van der Waals surface area (Å²) in [4.78, 5) is 4.10. The van der Waals surface area contributed by atoms with E-state index >= 15 is 0 Å². The van der Waals surface area contributed by atoms with E-state index in [2.05, 4.69) is 19.6 Å². The molecule has 18 heavy (non-hydrogen) atoms. The minimum absolute atomic E-state index is 0.0961. The maximum atomic E-state index is 9.33. The van der Waals surface area contributed by atoms with Crippen molar-refractivity contribution in [3.63, 3.8) is 0 Å². The summed E-state index contributed by atoms with van der Waals surface area (Å²) in [6.07, 6.45) is 1.87. The lowest BCUT2D eigenvalue weighted by Gasteiger charge is -1.99. The summed E-state index contributed by atoms with van der Waals surface area (Å²) < 4.78 is 4.04. The molecule has 0 aliphatic rings. The van der Waals surface area contributed by atoms with Gasteiger partial charge in [0.2, 0.25) is 10.3 Å². The van der Waals surface area contributed by atoms with Crippen LogP contribution in [-0.4, -0.2) is 20.7 Å². The number of aromatic nitrogens is 2. The predicted molar refractivity (Wildman–Crippen MR) is 74.0 cm³/mol. The molecule has 0 radical (unpaired) electrons. The molecule has 0 bridgehead atoms. The Morgan fingerprint density at radius 3 is 2.72 bits per heavy atom. The van der Waals surface area contributed by atoms with Gasteiger partial charge >= 0.3 is 0 Å². The van der Waals surface area contributed by atoms with Crippen LogP contribution in [0.1, 0.15) is 0 Å². The summed E-state index contributed by atoms with van der Waals surface area (Å²) in [5, 5.41) is 18.7. The molecule has 5 nitrogen and oxygen atoms in total. The van der Waals surface area contributed by atoms with Crippen LogP contribution < -0.4 is 0 Å². The third-order valence-electron chi connectivity index (χ3n) is 1.84. The first-order chi connectivity index (χ1) is 8.60. The van der Waals surface area contributed by atoms with Crippen LogP contribution in [0.5, 0.6) is 5.75 Å². The third-order valence-corrected chi connectivity index (χ3v) is 3.71. The highest BCUT2D eigenvalue weighted by atomic mass is 35.5. The molecule has 0 aliphatic carbocycles. The van der Waals surface area contributed by atoms with Gasteiger partial charge < -0.3 is 5.11 Å². The van der Waals surface area contributed by atoms with Gasteiger partial charge in [-0.05, 0) is 12.3 Å². The molecule has 1 aromatic carbocycles. The summed E-state index contributed by atoms with van der Waals surface area (Å²) in [5.74, 6) is -0.0961. The number of rotatable bonds is 3. The highest BCUT2D eigenvalue weighted by Gasteiger charge is 2.06. The van der Waals surface area contributed by atoms with E-state index in [0.717, 1.165) is 11.5 Å². The molecule has 0 aliphatic heterocycles. The second-order valence-corrected chi connectivity index (χ2v) is 5.34. The fraction of sp³-hybridized carbons (Fsp3) is 0.111. The van der Waals surface area contributed by atoms with Crippen molar-refractivity contribution in [1.82, 2.24) is 9.36 Å². The van der Waals surface area contributed by atoms with Crippen LogP contribution >= 0.6 is 46.5 Å². The molecule has 2 rings (SSSR count). The Kier molecular flexibility index (Phi) is 4.39. The van der Waals surface area contributed by atoms with Gasteiger partial charge in [-0.15, -0.1) is 10.2 Å². The molecule has 0 unspecified atom stereocenters. The van der Waals surface area contributed by atoms with Crippen molar-refractivity contribution in [3.8, 4) is 5.75 Å². The molecule has 0 saturated carbocycles. The van der Waals surface area contributed by atoms with Gasteiger partial charge in [-0.2, -0.15) is 9.36 Å². The Hall–Kier alpha value is -0.890. The fourth-order valence-electron chi connectivity index (χ4n) is 1.03. The number of phenols is 1. The van der Waals surface area contributed by atoms with Crippen LogP contribution in [0.25, 0.3) is 0 Å². The van der Waals surface area contributed by atoms with E-state index < -0.39 is 0 Å². The van der Waals surface area contributed by atoms with E-state index in [1.165, 1.54) is 23.9 Å². The van der Waals surface area contributed by atoms with Crippen LogP contribution in [0.3, 0.4) is 0 Å². The molecule has 0 saturated heterocycles. The number of hydrogen-bond acceptors (Lipinski definition) is 7. The van der Waals surface area contributed by atoms with Crippen LogP contribution in [0.4, 0.5) is 10.8 Å². The number of hydrogen-bond donors (Lipinski definition) is 1. The molecule has 0 amide bonds. The summed E-state index contributed by atoms with van der Waals surface area (Å²) >= 11 is 14.2. The Labute approximate surface area is 121 Å². The van der Waals surface area contributed by atoms with Gasteiger partial charge in [0.1, 0.15) is 11.4 Å². The molecular formula is C9H6Cl2N4OS2. The Bertz CT molecular complexity index is 602. The first kappa shape index (κ1) is 13.5. The standard InChI is InChI=1S/C9H6Cl2N4OS2/c1-17-9-12-8(18-15-9)14-13-6-2-5(11)7(16)3-4(6)10/h2-3,16H,1H3/b14-13+. The normalized spacial score (nSPS) is 11.3. The van der Waals surface area contributed by atoms with Crippen LogP contribution in [0.15, 0.2) is 27.5 Å². The quantitative estimate of drug-likeness (QED) is 0.658. The van der Waals surface area contributed by atoms with Crippen molar-refractivity contribution < 1.29 is 5.11 Å². The molecule has 0 spiro atoms. The molecule has 1 N–H and O–H groups in total. The number of benzene rings is 1. The van der Waals surface area contributed by atoms with Gasteiger partial charge in [0, 0.05) is 17.6 Å². The maximum absolute atomic E-state index is 9.33. The Morgan fingerprint density at radius 2 is 2.06 bits per heavy atom. The van der Waals surface area contributed by atoms with Crippen molar-refractivity contribution in [2.75, 3.05) is 6.26 Å². The monoisotopic (exact) mass is 320 g/mol. The lowest BCUT2D eigenvalue weighted by atomic mass is 10.3. The number of phenolic OH excluding ortho intramolecular Hbond substituents is 1. The van der Waals surface area contributed by atoms with Gasteiger partial charge in [0.25, 0.3) is 0 Å². The minimum Gasteiger partial charge on any atom is -0.506 e. The highest BCUT2D eigenvalue weighted by molar-refractivity contribution is 7.98. The van der Waals surface area contributed by atoms with Gasteiger partial charge in [-0.25, -0.2) is 0 Å². The van der Waals surface area contributed by atoms with Crippen molar-refractivity contribution in [2.45, 2.75) is 5.16 Å². The van der Waals surface area contributed by atoms with Gasteiger partial charge in [-0.1, -0.05) is 35.0 Å². The van der Waals surface area contributed by atoms with E-state index in [4.69, 9.17) is 23.2 Å². The van der Waals surface area contributed by atoms with Crippen molar-refractivity contribution in [1.29, 1.82) is 0 Å². The predicted octanol–water partition coefficient (Wildman–Crippen LogP) is 4.69. The first-order valence-electron chi connectivity index (χ1n) is 4.57. The zero-order valence-electron chi connectivity index (χ0n) is 8.96. The van der Waals surface area contributed by atoms with Gasteiger partial charge in [0.15, 0.2) is 0 Å². The number of halogens is 2. The molecule has 0 fully saturated rings. The van der Waals surface area contributed by atoms with Gasteiger partial charge in [0.05, 0.1) is 10.0 Å². The van der Waals surface area contributed by atoms with E-state index in [0.29, 0.717) is 16.0 Å². The lowest BCUT2D eigenvalue weighted by molar-refractivity contribution is 0.475. The zero-order chi connectivity index (χ0) is 13.1. The van der Waals surface area contributed by atoms with Crippen molar-refractivity contribution >= 4 is 57.3 Å². The highest BCUT2D eigenvalue weighted by Crippen LogP contribution is 2.36. The average Bonchev–Trinajstić information content (AvgIpc) is 2.80. The summed E-state index contributed by atoms with van der Waals surface area (Å²) in [6, 6.07) is 2.74. The van der Waals surface area contributed by atoms with Gasteiger partial charge in [-0.3, -0.25) is 0 Å². The number of thioether (sulfide) groups is 1. The van der Waals surface area contributed by atoms with Crippen LogP contribution in [0, 0.1) is 0 Å². The molecule has 1 aromatic heterocycles. The number of azo groups is 1. The molecule has 2 aromatic rings. The zero-order valence-corrected chi connectivity index (χ0v) is 12.1. The van der Waals surface area contributed by atoms with E-state index in [1.807, 2.05) is 6.26 Å². The van der Waals surface area contributed by atoms with Crippen LogP contribution in [-0.2, 0) is 0 Å². The lowest BCUT2D eigenvalue weighted by Crippen LogP contribution is -1.72. The molecule has 9 heteroatoms. The second-order valence-electron chi connectivity index (χ2n) is 3.02. The van der Waals surface area contributed by atoms with E-state index in [1.54, 1.807) is 0 Å². The Balaban J connectivity index is 2.25. The first-order valence-corrected chi connectivity index (χ1v) is 7.33. The molecular weight excluding hydrogens is 315 g/mol. The molecule has 0 atom stereocenters. The smallest absolute Gasteiger partial charge is 0.250 e. The molecule has 1 heterocycles. The minimum atomic E-state index is -0.0961. The average molecular weight is 321 g/mol. The van der Waals surface area contributed by atoms with E-state index in [9.17, 15) is 5.11 Å². The van der Waals surface area contributed by atoms with Crippen molar-refractivity contribution in [3.05, 3.63) is 22.2 Å². The van der Waals surface area contributed by atoms with Crippen molar-refractivity contribution in [2.24, 2.45) is 10.2 Å². The molecule has 94 valence electrons.